The van der Waals surface area contributed by atoms with Gasteiger partial charge in [0.05, 0.1) is 5.52 Å². The number of hydrogen-bond acceptors (Lipinski definition) is 5. The van der Waals surface area contributed by atoms with Gasteiger partial charge in [-0.25, -0.2) is 9.97 Å². The third-order valence-corrected chi connectivity index (χ3v) is 2.78. The number of nitrogens with zero attached hydrogens (tertiary/aromatic N) is 2. The maximum atomic E-state index is 11.4. The zero-order valence-electron chi connectivity index (χ0n) is 10.9. The summed E-state index contributed by atoms with van der Waals surface area (Å²) in [5.41, 5.74) is 6.61. The Hall–Kier alpha value is -2.17. The Morgan fingerprint density at radius 1 is 1.32 bits per heavy atom. The molecule has 2 N–H and O–H groups in total. The van der Waals surface area contributed by atoms with E-state index in [9.17, 15) is 4.79 Å². The van der Waals surface area contributed by atoms with Gasteiger partial charge in [-0.3, -0.25) is 4.79 Å². The Kier molecular flexibility index (Phi) is 4.28. The van der Waals surface area contributed by atoms with Crippen LogP contribution in [0.1, 0.15) is 32.0 Å². The van der Waals surface area contributed by atoms with Crippen molar-refractivity contribution in [3.63, 3.8) is 0 Å². The Balaban J connectivity index is 2.07. The van der Waals surface area contributed by atoms with Crippen LogP contribution in [-0.2, 0) is 16.1 Å². The van der Waals surface area contributed by atoms with Crippen molar-refractivity contribution in [1.82, 2.24) is 9.97 Å². The molecule has 0 saturated carbocycles. The Morgan fingerprint density at radius 3 is 2.89 bits per heavy atom. The van der Waals surface area contributed by atoms with Gasteiger partial charge in [0.1, 0.15) is 5.82 Å². The van der Waals surface area contributed by atoms with E-state index >= 15 is 0 Å². The zero-order chi connectivity index (χ0) is 13.7. The number of para-hydroxylation sites is 1. The molecule has 19 heavy (non-hydrogen) atoms. The van der Waals surface area contributed by atoms with Crippen LogP contribution in [0.5, 0.6) is 0 Å². The standard InChI is InChI=1S/C14H17N3O2/c1-2-3-8-13(18)19-9-12-16-11-7-5-4-6-10(11)14(15)17-12/h4-7H,2-3,8-9H2,1H3,(H2,15,16,17). The molecule has 0 amide bonds. The maximum Gasteiger partial charge on any atom is 0.306 e. The van der Waals surface area contributed by atoms with Crippen molar-refractivity contribution in [2.75, 3.05) is 5.73 Å². The summed E-state index contributed by atoms with van der Waals surface area (Å²) in [4.78, 5) is 19.9. The highest BCUT2D eigenvalue weighted by Crippen LogP contribution is 2.17. The number of unbranched alkanes of at least 4 members (excludes halogenated alkanes) is 1. The summed E-state index contributed by atoms with van der Waals surface area (Å²) in [5.74, 6) is 0.614. The third-order valence-electron chi connectivity index (χ3n) is 2.78. The highest BCUT2D eigenvalue weighted by Gasteiger charge is 2.07. The van der Waals surface area contributed by atoms with E-state index in [0.29, 0.717) is 18.1 Å². The summed E-state index contributed by atoms with van der Waals surface area (Å²) in [6.07, 6.45) is 2.23. The van der Waals surface area contributed by atoms with Crippen molar-refractivity contribution in [1.29, 1.82) is 0 Å². The predicted molar refractivity (Wildman–Crippen MR) is 73.3 cm³/mol. The van der Waals surface area contributed by atoms with E-state index in [2.05, 4.69) is 9.97 Å². The van der Waals surface area contributed by atoms with Gasteiger partial charge < -0.3 is 10.5 Å². The lowest BCUT2D eigenvalue weighted by Crippen LogP contribution is -2.08. The average molecular weight is 259 g/mol. The molecule has 5 heteroatoms. The van der Waals surface area contributed by atoms with Crippen LogP contribution in [0.2, 0.25) is 0 Å². The van der Waals surface area contributed by atoms with E-state index in [0.717, 1.165) is 23.7 Å². The van der Waals surface area contributed by atoms with E-state index in [1.165, 1.54) is 0 Å². The quantitative estimate of drug-likeness (QED) is 0.834. The number of ether oxygens (including phenoxy) is 1. The minimum atomic E-state index is -0.225. The summed E-state index contributed by atoms with van der Waals surface area (Å²) in [7, 11) is 0. The van der Waals surface area contributed by atoms with Gasteiger partial charge in [-0.1, -0.05) is 25.5 Å². The van der Waals surface area contributed by atoms with Crippen LogP contribution in [0.3, 0.4) is 0 Å². The molecule has 0 bridgehead atoms. The Morgan fingerprint density at radius 2 is 2.11 bits per heavy atom. The molecule has 0 atom stereocenters. The van der Waals surface area contributed by atoms with E-state index in [-0.39, 0.29) is 12.6 Å². The molecule has 100 valence electrons. The van der Waals surface area contributed by atoms with Gasteiger partial charge in [0.15, 0.2) is 12.4 Å². The highest BCUT2D eigenvalue weighted by molar-refractivity contribution is 5.87. The van der Waals surface area contributed by atoms with Crippen LogP contribution in [0.4, 0.5) is 5.82 Å². The highest BCUT2D eigenvalue weighted by atomic mass is 16.5. The summed E-state index contributed by atoms with van der Waals surface area (Å²) in [6.45, 7) is 2.10. The van der Waals surface area contributed by atoms with Crippen molar-refractivity contribution >= 4 is 22.7 Å². The number of rotatable bonds is 5. The molecule has 1 aromatic heterocycles. The lowest BCUT2D eigenvalue weighted by molar-refractivity contribution is -0.145. The first-order valence-electron chi connectivity index (χ1n) is 6.37. The lowest BCUT2D eigenvalue weighted by atomic mass is 10.2. The summed E-state index contributed by atoms with van der Waals surface area (Å²) in [6, 6.07) is 7.48. The molecular weight excluding hydrogens is 242 g/mol. The lowest BCUT2D eigenvalue weighted by Gasteiger charge is -2.06. The minimum Gasteiger partial charge on any atom is -0.457 e. The summed E-state index contributed by atoms with van der Waals surface area (Å²) < 4.78 is 5.11. The number of nitrogen functional groups attached to an aromatic ring is 1. The summed E-state index contributed by atoms with van der Waals surface area (Å²) >= 11 is 0. The van der Waals surface area contributed by atoms with Crippen LogP contribution in [0.25, 0.3) is 10.9 Å². The smallest absolute Gasteiger partial charge is 0.306 e. The number of nitrogens with two attached hydrogens (primary N) is 1. The van der Waals surface area contributed by atoms with Gasteiger partial charge in [0.2, 0.25) is 0 Å². The number of benzene rings is 1. The number of fused-ring (bicyclic) bond motifs is 1. The maximum absolute atomic E-state index is 11.4. The predicted octanol–water partition coefficient (Wildman–Crippen LogP) is 2.45. The molecule has 0 radical (unpaired) electrons. The molecular formula is C14H17N3O2. The second kappa shape index (κ2) is 6.13. The van der Waals surface area contributed by atoms with Gasteiger partial charge >= 0.3 is 5.97 Å². The largest absolute Gasteiger partial charge is 0.457 e. The van der Waals surface area contributed by atoms with Crippen molar-refractivity contribution in [2.45, 2.75) is 32.8 Å². The number of anilines is 1. The molecule has 0 saturated heterocycles. The average Bonchev–Trinajstić information content (AvgIpc) is 2.43. The fourth-order valence-corrected chi connectivity index (χ4v) is 1.75. The number of carbonyl (C=O) groups is 1. The van der Waals surface area contributed by atoms with E-state index in [1.54, 1.807) is 0 Å². The van der Waals surface area contributed by atoms with E-state index < -0.39 is 0 Å². The normalized spacial score (nSPS) is 10.6. The van der Waals surface area contributed by atoms with Gasteiger partial charge in [-0.15, -0.1) is 0 Å². The van der Waals surface area contributed by atoms with Crippen LogP contribution < -0.4 is 5.73 Å². The molecule has 0 spiro atoms. The molecule has 2 aromatic rings. The molecule has 0 unspecified atom stereocenters. The molecule has 0 fully saturated rings. The minimum absolute atomic E-state index is 0.0670. The second-order valence-electron chi connectivity index (χ2n) is 4.31. The van der Waals surface area contributed by atoms with Crippen LogP contribution in [0.15, 0.2) is 24.3 Å². The van der Waals surface area contributed by atoms with Gasteiger partial charge in [-0.05, 0) is 18.6 Å². The fourth-order valence-electron chi connectivity index (χ4n) is 1.75. The first-order valence-corrected chi connectivity index (χ1v) is 6.37. The van der Waals surface area contributed by atoms with E-state index in [4.69, 9.17) is 10.5 Å². The molecule has 1 aromatic carbocycles. The van der Waals surface area contributed by atoms with Crippen LogP contribution in [0, 0.1) is 0 Å². The SMILES string of the molecule is CCCCC(=O)OCc1nc(N)c2ccccc2n1. The third kappa shape index (κ3) is 3.40. The Bertz CT molecular complexity index is 584. The first-order chi connectivity index (χ1) is 9.20. The van der Waals surface area contributed by atoms with Crippen LogP contribution >= 0.6 is 0 Å². The molecule has 2 rings (SSSR count). The summed E-state index contributed by atoms with van der Waals surface area (Å²) in [5, 5.41) is 0.809. The molecule has 0 aliphatic carbocycles. The molecule has 0 aliphatic heterocycles. The second-order valence-corrected chi connectivity index (χ2v) is 4.31. The number of aromatic nitrogens is 2. The first kappa shape index (κ1) is 13.3. The van der Waals surface area contributed by atoms with E-state index in [1.807, 2.05) is 31.2 Å². The van der Waals surface area contributed by atoms with Crippen molar-refractivity contribution in [3.8, 4) is 0 Å². The van der Waals surface area contributed by atoms with Crippen molar-refractivity contribution in [3.05, 3.63) is 30.1 Å². The van der Waals surface area contributed by atoms with Crippen LogP contribution in [-0.4, -0.2) is 15.9 Å². The zero-order valence-corrected chi connectivity index (χ0v) is 10.9. The van der Waals surface area contributed by atoms with Gasteiger partial charge in [-0.2, -0.15) is 0 Å². The molecule has 0 aliphatic rings. The Labute approximate surface area is 111 Å². The number of hydrogen-bond donors (Lipinski definition) is 1. The monoisotopic (exact) mass is 259 g/mol. The molecule has 5 nitrogen and oxygen atoms in total. The van der Waals surface area contributed by atoms with Gasteiger partial charge in [0.25, 0.3) is 0 Å². The van der Waals surface area contributed by atoms with Gasteiger partial charge in [0, 0.05) is 11.8 Å². The molecule has 1 heterocycles. The number of carbonyl (C=O) groups excluding carboxylic acids is 1. The topological polar surface area (TPSA) is 78.1 Å². The fraction of sp³-hybridized carbons (Fsp3) is 0.357. The number of esters is 1. The van der Waals surface area contributed by atoms with Crippen molar-refractivity contribution < 1.29 is 9.53 Å². The van der Waals surface area contributed by atoms with Crippen molar-refractivity contribution in [2.24, 2.45) is 0 Å².